The summed E-state index contributed by atoms with van der Waals surface area (Å²) in [7, 11) is 0. The molecule has 6 rings (SSSR count). The van der Waals surface area contributed by atoms with Gasteiger partial charge in [0.2, 0.25) is 0 Å². The molecule has 5 heterocycles. The number of hydrogen-bond donors (Lipinski definition) is 1. The van der Waals surface area contributed by atoms with Gasteiger partial charge in [-0.1, -0.05) is 18.2 Å². The van der Waals surface area contributed by atoms with Crippen molar-refractivity contribution < 1.29 is 9.50 Å². The van der Waals surface area contributed by atoms with Crippen LogP contribution in [0.1, 0.15) is 44.2 Å². The van der Waals surface area contributed by atoms with Crippen LogP contribution in [0.15, 0.2) is 60.8 Å². The molecule has 1 unspecified atom stereocenters. The smallest absolute Gasteiger partial charge is 0.154 e. The van der Waals surface area contributed by atoms with Crippen LogP contribution in [0.3, 0.4) is 0 Å². The van der Waals surface area contributed by atoms with Gasteiger partial charge in [0.1, 0.15) is 23.1 Å². The minimum atomic E-state index is -0.602. The molecule has 0 aliphatic carbocycles. The number of aliphatic hydroxyl groups is 1. The summed E-state index contributed by atoms with van der Waals surface area (Å²) in [6, 6.07) is 16.9. The largest absolute Gasteiger partial charge is 0.390 e. The summed E-state index contributed by atoms with van der Waals surface area (Å²) in [5.41, 5.74) is 2.76. The number of hydrogen-bond acceptors (Lipinski definition) is 6. The van der Waals surface area contributed by atoms with Crippen LogP contribution >= 0.6 is 0 Å². The number of aromatic nitrogens is 4. The SMILES string of the molecule is CC1(O)CCN(c2cccc(-c3cnc4ccc(N5CCCC5c5cccc(F)c5)nn34)n2)CC1. The van der Waals surface area contributed by atoms with Gasteiger partial charge in [-0.2, -0.15) is 0 Å². The maximum absolute atomic E-state index is 13.9. The van der Waals surface area contributed by atoms with Crippen LogP contribution in [-0.4, -0.2) is 49.9 Å². The summed E-state index contributed by atoms with van der Waals surface area (Å²) in [5, 5.41) is 15.2. The van der Waals surface area contributed by atoms with Crippen LogP contribution in [0.4, 0.5) is 16.0 Å². The van der Waals surface area contributed by atoms with E-state index in [2.05, 4.69) is 14.8 Å². The maximum Gasteiger partial charge on any atom is 0.154 e. The number of rotatable bonds is 4. The van der Waals surface area contributed by atoms with Gasteiger partial charge in [-0.3, -0.25) is 0 Å². The van der Waals surface area contributed by atoms with Gasteiger partial charge in [-0.05, 0) is 74.6 Å². The molecule has 0 radical (unpaired) electrons. The molecular weight excluding hydrogens is 443 g/mol. The van der Waals surface area contributed by atoms with Crippen LogP contribution in [0.5, 0.6) is 0 Å². The van der Waals surface area contributed by atoms with Crippen molar-refractivity contribution in [1.29, 1.82) is 0 Å². The lowest BCUT2D eigenvalue weighted by Gasteiger charge is -2.36. The zero-order valence-electron chi connectivity index (χ0n) is 19.8. The van der Waals surface area contributed by atoms with Crippen molar-refractivity contribution in [3.05, 3.63) is 72.2 Å². The van der Waals surface area contributed by atoms with E-state index < -0.39 is 5.60 Å². The molecule has 4 aromatic rings. The first-order chi connectivity index (χ1) is 17.0. The average molecular weight is 473 g/mol. The first kappa shape index (κ1) is 22.0. The van der Waals surface area contributed by atoms with Crippen LogP contribution < -0.4 is 9.80 Å². The molecule has 0 amide bonds. The Balaban J connectivity index is 1.32. The molecule has 8 heteroatoms. The van der Waals surface area contributed by atoms with Crippen LogP contribution in [0, 0.1) is 5.82 Å². The van der Waals surface area contributed by atoms with Gasteiger partial charge >= 0.3 is 0 Å². The minimum Gasteiger partial charge on any atom is -0.390 e. The second-order valence-electron chi connectivity index (χ2n) is 9.88. The van der Waals surface area contributed by atoms with E-state index in [1.54, 1.807) is 12.1 Å². The van der Waals surface area contributed by atoms with Crippen molar-refractivity contribution in [3.8, 4) is 11.4 Å². The molecule has 2 saturated heterocycles. The monoisotopic (exact) mass is 472 g/mol. The van der Waals surface area contributed by atoms with E-state index in [0.717, 1.165) is 79.6 Å². The van der Waals surface area contributed by atoms with E-state index in [1.165, 1.54) is 6.07 Å². The number of imidazole rings is 1. The molecule has 7 nitrogen and oxygen atoms in total. The van der Waals surface area contributed by atoms with E-state index in [4.69, 9.17) is 10.1 Å². The third-order valence-electron chi connectivity index (χ3n) is 7.29. The normalized spacial score (nSPS) is 20.0. The average Bonchev–Trinajstić information content (AvgIpc) is 3.51. The molecule has 3 aromatic heterocycles. The molecule has 0 spiro atoms. The predicted molar refractivity (Wildman–Crippen MR) is 134 cm³/mol. The van der Waals surface area contributed by atoms with Gasteiger partial charge in [-0.15, -0.1) is 5.10 Å². The number of piperidine rings is 1. The molecule has 35 heavy (non-hydrogen) atoms. The van der Waals surface area contributed by atoms with Crippen molar-refractivity contribution in [2.75, 3.05) is 29.4 Å². The zero-order valence-corrected chi connectivity index (χ0v) is 19.8. The van der Waals surface area contributed by atoms with E-state index in [1.807, 2.05) is 54.0 Å². The van der Waals surface area contributed by atoms with Crippen molar-refractivity contribution in [2.24, 2.45) is 0 Å². The Hall–Kier alpha value is -3.52. The van der Waals surface area contributed by atoms with Gasteiger partial charge < -0.3 is 14.9 Å². The maximum atomic E-state index is 13.9. The zero-order chi connectivity index (χ0) is 24.0. The van der Waals surface area contributed by atoms with Crippen molar-refractivity contribution in [3.63, 3.8) is 0 Å². The molecule has 2 aliphatic rings. The van der Waals surface area contributed by atoms with Crippen LogP contribution in [0.25, 0.3) is 17.0 Å². The van der Waals surface area contributed by atoms with Crippen LogP contribution in [0.2, 0.25) is 0 Å². The highest BCUT2D eigenvalue weighted by molar-refractivity contribution is 5.62. The molecule has 2 aliphatic heterocycles. The summed E-state index contributed by atoms with van der Waals surface area (Å²) < 4.78 is 15.7. The standard InChI is InChI=1S/C27H29FN6O/c1-27(35)12-15-32(16-13-27)25-9-3-7-21(30-25)23-18-29-24-10-11-26(31-34(23)24)33-14-4-8-22(33)19-5-2-6-20(28)17-19/h2-3,5-7,9-11,17-18,22,35H,4,8,12-16H2,1H3. The molecule has 1 atom stereocenters. The Morgan fingerprint density at radius 1 is 1.00 bits per heavy atom. The van der Waals surface area contributed by atoms with Crippen molar-refractivity contribution in [2.45, 2.75) is 44.2 Å². The third kappa shape index (κ3) is 4.23. The lowest BCUT2D eigenvalue weighted by atomic mass is 9.94. The summed E-state index contributed by atoms with van der Waals surface area (Å²) in [6.45, 7) is 4.32. The van der Waals surface area contributed by atoms with E-state index in [-0.39, 0.29) is 11.9 Å². The highest BCUT2D eigenvalue weighted by Gasteiger charge is 2.29. The van der Waals surface area contributed by atoms with Crippen molar-refractivity contribution in [1.82, 2.24) is 19.6 Å². The fourth-order valence-corrected chi connectivity index (χ4v) is 5.25. The second kappa shape index (κ2) is 8.61. The predicted octanol–water partition coefficient (Wildman–Crippen LogP) is 4.62. The fraction of sp³-hybridized carbons (Fsp3) is 0.370. The molecule has 0 bridgehead atoms. The Morgan fingerprint density at radius 3 is 2.66 bits per heavy atom. The van der Waals surface area contributed by atoms with Crippen molar-refractivity contribution >= 4 is 17.3 Å². The van der Waals surface area contributed by atoms with Gasteiger partial charge in [0.25, 0.3) is 0 Å². The summed E-state index contributed by atoms with van der Waals surface area (Å²) in [6.07, 6.45) is 5.26. The lowest BCUT2D eigenvalue weighted by Crippen LogP contribution is -2.42. The number of halogens is 1. The Morgan fingerprint density at radius 2 is 1.83 bits per heavy atom. The molecule has 180 valence electrons. The van der Waals surface area contributed by atoms with E-state index >= 15 is 0 Å². The fourth-order valence-electron chi connectivity index (χ4n) is 5.25. The molecule has 2 fully saturated rings. The van der Waals surface area contributed by atoms with E-state index in [0.29, 0.717) is 0 Å². The van der Waals surface area contributed by atoms with E-state index in [9.17, 15) is 9.50 Å². The molecule has 1 aromatic carbocycles. The summed E-state index contributed by atoms with van der Waals surface area (Å²) in [5.74, 6) is 1.53. The second-order valence-corrected chi connectivity index (χ2v) is 9.88. The summed E-state index contributed by atoms with van der Waals surface area (Å²) >= 11 is 0. The summed E-state index contributed by atoms with van der Waals surface area (Å²) in [4.78, 5) is 14.0. The number of anilines is 2. The minimum absolute atomic E-state index is 0.0976. The van der Waals surface area contributed by atoms with Gasteiger partial charge in [-0.25, -0.2) is 18.9 Å². The molecular formula is C27H29FN6O. The first-order valence-corrected chi connectivity index (χ1v) is 12.3. The van der Waals surface area contributed by atoms with Crippen LogP contribution in [-0.2, 0) is 0 Å². The topological polar surface area (TPSA) is 69.8 Å². The Kier molecular flexibility index (Phi) is 5.40. The third-order valence-corrected chi connectivity index (χ3v) is 7.29. The number of nitrogens with zero attached hydrogens (tertiary/aromatic N) is 6. The van der Waals surface area contributed by atoms with Gasteiger partial charge in [0, 0.05) is 19.6 Å². The number of pyridine rings is 1. The highest BCUT2D eigenvalue weighted by Crippen LogP contribution is 2.36. The molecule has 0 saturated carbocycles. The van der Waals surface area contributed by atoms with Gasteiger partial charge in [0.15, 0.2) is 5.65 Å². The Labute approximate surface area is 203 Å². The quantitative estimate of drug-likeness (QED) is 0.467. The lowest BCUT2D eigenvalue weighted by molar-refractivity contribution is 0.0350. The Bertz CT molecular complexity index is 1360. The number of benzene rings is 1. The number of fused-ring (bicyclic) bond motifs is 1. The highest BCUT2D eigenvalue weighted by atomic mass is 19.1. The first-order valence-electron chi connectivity index (χ1n) is 12.3. The van der Waals surface area contributed by atoms with Gasteiger partial charge in [0.05, 0.1) is 23.5 Å². The molecule has 1 N–H and O–H groups in total.